The van der Waals surface area contributed by atoms with Crippen LogP contribution in [0.2, 0.25) is 0 Å². The van der Waals surface area contributed by atoms with Gasteiger partial charge in [-0.3, -0.25) is 9.78 Å². The Morgan fingerprint density at radius 3 is 3.04 bits per heavy atom. The summed E-state index contributed by atoms with van der Waals surface area (Å²) in [7, 11) is 1.58. The summed E-state index contributed by atoms with van der Waals surface area (Å²) in [6, 6.07) is 7.78. The van der Waals surface area contributed by atoms with Crippen LogP contribution < -0.4 is 4.74 Å². The number of ether oxygens (including phenoxy) is 2. The van der Waals surface area contributed by atoms with Gasteiger partial charge in [-0.25, -0.2) is 4.98 Å². The van der Waals surface area contributed by atoms with Crippen LogP contribution in [-0.4, -0.2) is 47.1 Å². The molecule has 4 rings (SSSR count). The highest BCUT2D eigenvalue weighted by Gasteiger charge is 2.29. The van der Waals surface area contributed by atoms with Crippen molar-refractivity contribution in [2.24, 2.45) is 0 Å². The van der Waals surface area contributed by atoms with Crippen molar-refractivity contribution in [3.05, 3.63) is 53.0 Å². The highest BCUT2D eigenvalue weighted by Crippen LogP contribution is 2.28. The van der Waals surface area contributed by atoms with Crippen LogP contribution in [0.5, 0.6) is 5.88 Å². The molecule has 0 N–H and O–H groups in total. The number of pyridine rings is 2. The van der Waals surface area contributed by atoms with E-state index >= 15 is 0 Å². The van der Waals surface area contributed by atoms with Crippen LogP contribution in [0.15, 0.2) is 30.5 Å². The summed E-state index contributed by atoms with van der Waals surface area (Å²) in [5, 5.41) is 0. The Kier molecular flexibility index (Phi) is 5.34. The molecule has 1 atom stereocenters. The molecule has 0 bridgehead atoms. The molecule has 2 aromatic heterocycles. The van der Waals surface area contributed by atoms with Gasteiger partial charge in [0.15, 0.2) is 0 Å². The second kappa shape index (κ2) is 8.05. The molecule has 2 aliphatic rings. The van der Waals surface area contributed by atoms with Crippen molar-refractivity contribution in [3.63, 3.8) is 0 Å². The van der Waals surface area contributed by atoms with Crippen molar-refractivity contribution in [3.8, 4) is 5.88 Å². The maximum atomic E-state index is 13.1. The Bertz CT molecular complexity index is 810. The zero-order valence-corrected chi connectivity index (χ0v) is 15.7. The largest absolute Gasteiger partial charge is 0.480 e. The quantitative estimate of drug-likeness (QED) is 0.813. The van der Waals surface area contributed by atoms with Gasteiger partial charge in [0.1, 0.15) is 5.56 Å². The van der Waals surface area contributed by atoms with Crippen molar-refractivity contribution in [2.45, 2.75) is 44.8 Å². The zero-order valence-electron chi connectivity index (χ0n) is 15.7. The predicted molar refractivity (Wildman–Crippen MR) is 101 cm³/mol. The molecule has 2 aromatic rings. The fourth-order valence-corrected chi connectivity index (χ4v) is 3.88. The van der Waals surface area contributed by atoms with E-state index in [9.17, 15) is 4.79 Å². The van der Waals surface area contributed by atoms with Crippen molar-refractivity contribution in [1.82, 2.24) is 14.9 Å². The molecule has 1 aliphatic heterocycles. The number of fused-ring (bicyclic) bond motifs is 1. The number of carbonyl (C=O) groups is 1. The Morgan fingerprint density at radius 2 is 2.22 bits per heavy atom. The molecule has 1 unspecified atom stereocenters. The van der Waals surface area contributed by atoms with E-state index in [1.165, 1.54) is 5.56 Å². The van der Waals surface area contributed by atoms with Crippen LogP contribution in [0, 0.1) is 0 Å². The number of carbonyl (C=O) groups excluding carboxylic acids is 1. The van der Waals surface area contributed by atoms with Gasteiger partial charge in [0.2, 0.25) is 5.88 Å². The summed E-state index contributed by atoms with van der Waals surface area (Å²) in [4.78, 5) is 23.9. The molecule has 6 nitrogen and oxygen atoms in total. The lowest BCUT2D eigenvalue weighted by molar-refractivity contribution is -0.00795. The molecule has 1 fully saturated rings. The number of amides is 1. The van der Waals surface area contributed by atoms with Gasteiger partial charge in [-0.05, 0) is 55.9 Å². The topological polar surface area (TPSA) is 64.5 Å². The van der Waals surface area contributed by atoms with E-state index in [2.05, 4.69) is 9.97 Å². The third-order valence-corrected chi connectivity index (χ3v) is 5.30. The van der Waals surface area contributed by atoms with Crippen molar-refractivity contribution in [2.75, 3.05) is 20.2 Å². The van der Waals surface area contributed by atoms with Gasteiger partial charge >= 0.3 is 0 Å². The number of aryl methyl sites for hydroxylation is 2. The van der Waals surface area contributed by atoms with Crippen LogP contribution in [0.25, 0.3) is 0 Å². The highest BCUT2D eigenvalue weighted by molar-refractivity contribution is 5.96. The summed E-state index contributed by atoms with van der Waals surface area (Å²) >= 11 is 0. The van der Waals surface area contributed by atoms with E-state index < -0.39 is 0 Å². The van der Waals surface area contributed by atoms with Gasteiger partial charge in [-0.1, -0.05) is 6.07 Å². The smallest absolute Gasteiger partial charge is 0.259 e. The molecule has 0 aromatic carbocycles. The Labute approximate surface area is 159 Å². The van der Waals surface area contributed by atoms with E-state index in [1.807, 2.05) is 29.2 Å². The summed E-state index contributed by atoms with van der Waals surface area (Å²) in [5.74, 6) is 0.428. The van der Waals surface area contributed by atoms with Crippen LogP contribution in [0.3, 0.4) is 0 Å². The van der Waals surface area contributed by atoms with Gasteiger partial charge in [-0.15, -0.1) is 0 Å². The van der Waals surface area contributed by atoms with Crippen LogP contribution >= 0.6 is 0 Å². The summed E-state index contributed by atoms with van der Waals surface area (Å²) in [6.07, 6.45) is 6.72. The first kappa shape index (κ1) is 17.9. The third-order valence-electron chi connectivity index (χ3n) is 5.30. The number of nitrogens with zero attached hydrogens (tertiary/aromatic N) is 3. The van der Waals surface area contributed by atoms with Gasteiger partial charge < -0.3 is 14.4 Å². The molecule has 0 saturated carbocycles. The number of methoxy groups -OCH3 is 1. The van der Waals surface area contributed by atoms with Gasteiger partial charge in [-0.2, -0.15) is 0 Å². The Balaban J connectivity index is 1.44. The Hall–Kier alpha value is -2.47. The average molecular weight is 367 g/mol. The molecule has 0 spiro atoms. The fourth-order valence-electron chi connectivity index (χ4n) is 3.88. The van der Waals surface area contributed by atoms with Gasteiger partial charge in [0.05, 0.1) is 25.5 Å². The minimum atomic E-state index is -0.0137. The van der Waals surface area contributed by atoms with Gasteiger partial charge in [0.25, 0.3) is 5.91 Å². The zero-order chi connectivity index (χ0) is 18.6. The van der Waals surface area contributed by atoms with Crippen LogP contribution in [0.1, 0.15) is 46.6 Å². The number of piperidine rings is 1. The number of rotatable bonds is 5. The minimum Gasteiger partial charge on any atom is -0.480 e. The number of hydrogen-bond acceptors (Lipinski definition) is 5. The highest BCUT2D eigenvalue weighted by atomic mass is 16.5. The minimum absolute atomic E-state index is 0.0137. The van der Waals surface area contributed by atoms with Gasteiger partial charge in [0, 0.05) is 25.0 Å². The standard InChI is InChI=1S/C21H25N3O3/c1-26-20-18(12-15-6-4-9-19(15)23-20)21(25)24-11-5-8-17(13-24)27-14-16-7-2-3-10-22-16/h2-3,7,10,12,17H,4-6,8-9,11,13-14H2,1H3. The second-order valence-electron chi connectivity index (χ2n) is 7.15. The molecule has 1 aliphatic carbocycles. The van der Waals surface area contributed by atoms with Crippen LogP contribution in [0.4, 0.5) is 0 Å². The molecule has 27 heavy (non-hydrogen) atoms. The number of hydrogen-bond donors (Lipinski definition) is 0. The molecule has 6 heteroatoms. The predicted octanol–water partition coefficient (Wildman–Crippen LogP) is 2.80. The first-order chi connectivity index (χ1) is 13.2. The summed E-state index contributed by atoms with van der Waals surface area (Å²) in [6.45, 7) is 1.80. The normalized spacial score (nSPS) is 19.0. The number of likely N-dealkylation sites (tertiary alicyclic amines) is 1. The maximum absolute atomic E-state index is 13.1. The lowest BCUT2D eigenvalue weighted by Gasteiger charge is -2.33. The van der Waals surface area contributed by atoms with Crippen molar-refractivity contribution in [1.29, 1.82) is 0 Å². The van der Waals surface area contributed by atoms with E-state index in [0.717, 1.165) is 50.0 Å². The fraction of sp³-hybridized carbons (Fsp3) is 0.476. The van der Waals surface area contributed by atoms with E-state index in [4.69, 9.17) is 9.47 Å². The SMILES string of the molecule is COc1nc2c(cc1C(=O)N1CCCC(OCc3ccccn3)C1)CCC2. The molecule has 0 radical (unpaired) electrons. The van der Waals surface area contributed by atoms with E-state index in [0.29, 0.717) is 24.6 Å². The number of aromatic nitrogens is 2. The second-order valence-corrected chi connectivity index (χ2v) is 7.15. The Morgan fingerprint density at radius 1 is 1.30 bits per heavy atom. The first-order valence-corrected chi connectivity index (χ1v) is 9.62. The first-order valence-electron chi connectivity index (χ1n) is 9.62. The maximum Gasteiger partial charge on any atom is 0.259 e. The van der Waals surface area contributed by atoms with Crippen LogP contribution in [-0.2, 0) is 24.2 Å². The van der Waals surface area contributed by atoms with E-state index in [-0.39, 0.29) is 12.0 Å². The average Bonchev–Trinajstić information content (AvgIpc) is 3.19. The molecule has 1 amide bonds. The van der Waals surface area contributed by atoms with E-state index in [1.54, 1.807) is 13.3 Å². The third kappa shape index (κ3) is 3.95. The summed E-state index contributed by atoms with van der Waals surface area (Å²) in [5.41, 5.74) is 3.73. The molecular formula is C21H25N3O3. The molecule has 142 valence electrons. The lowest BCUT2D eigenvalue weighted by atomic mass is 10.1. The van der Waals surface area contributed by atoms with Crippen molar-refractivity contribution >= 4 is 5.91 Å². The lowest BCUT2D eigenvalue weighted by Crippen LogP contribution is -2.43. The molecule has 1 saturated heterocycles. The molecular weight excluding hydrogens is 342 g/mol. The molecule has 3 heterocycles. The monoisotopic (exact) mass is 367 g/mol. The summed E-state index contributed by atoms with van der Waals surface area (Å²) < 4.78 is 11.4. The van der Waals surface area contributed by atoms with Crippen molar-refractivity contribution < 1.29 is 14.3 Å².